The summed E-state index contributed by atoms with van der Waals surface area (Å²) in [5.41, 5.74) is 2.27. The van der Waals surface area contributed by atoms with E-state index in [2.05, 4.69) is 59.2 Å². The molecule has 21 heavy (non-hydrogen) atoms. The normalized spacial score (nSPS) is 29.9. The van der Waals surface area contributed by atoms with Crippen LogP contribution in [0.1, 0.15) is 26.7 Å². The molecule has 1 saturated carbocycles. The third-order valence-electron chi connectivity index (χ3n) is 5.84. The molecule has 3 atom stereocenters. The van der Waals surface area contributed by atoms with Crippen LogP contribution in [0.5, 0.6) is 0 Å². The molecular weight excluding hydrogens is 327 g/mol. The summed E-state index contributed by atoms with van der Waals surface area (Å²) in [4.78, 5) is 0.864. The van der Waals surface area contributed by atoms with E-state index in [-0.39, 0.29) is 7.27 Å². The highest BCUT2D eigenvalue weighted by Gasteiger charge is 2.52. The van der Waals surface area contributed by atoms with Gasteiger partial charge in [-0.3, -0.25) is 0 Å². The van der Waals surface area contributed by atoms with Gasteiger partial charge in [0.15, 0.2) is 0 Å². The molecule has 4 heteroatoms. The van der Waals surface area contributed by atoms with Crippen LogP contribution in [0.25, 0.3) is 0 Å². The van der Waals surface area contributed by atoms with E-state index in [1.165, 1.54) is 19.0 Å². The van der Waals surface area contributed by atoms with Gasteiger partial charge >= 0.3 is 0 Å². The van der Waals surface area contributed by atoms with Crippen molar-refractivity contribution >= 4 is 34.7 Å². The second-order valence-electron chi connectivity index (χ2n) is 10.0. The minimum absolute atomic E-state index is 0.359. The van der Waals surface area contributed by atoms with Crippen molar-refractivity contribution in [2.45, 2.75) is 70.9 Å². The van der Waals surface area contributed by atoms with Crippen molar-refractivity contribution in [3.63, 3.8) is 0 Å². The molecular formula is C17H34ClPSi2. The monoisotopic (exact) mass is 360 g/mol. The van der Waals surface area contributed by atoms with Crippen LogP contribution >= 0.6 is 18.5 Å². The lowest BCUT2D eigenvalue weighted by Gasteiger charge is -2.57. The third kappa shape index (κ3) is 3.54. The Morgan fingerprint density at radius 3 is 2.10 bits per heavy atom. The predicted octanol–water partition coefficient (Wildman–Crippen LogP) is 6.74. The molecule has 2 bridgehead atoms. The van der Waals surface area contributed by atoms with E-state index < -0.39 is 16.1 Å². The second-order valence-corrected chi connectivity index (χ2v) is 25.1. The Bertz CT molecular complexity index is 417. The summed E-state index contributed by atoms with van der Waals surface area (Å²) in [7, 11) is -2.73. The lowest BCUT2D eigenvalue weighted by atomic mass is 9.49. The lowest BCUT2D eigenvalue weighted by Crippen LogP contribution is -2.53. The number of rotatable bonds is 5. The minimum Gasteiger partial charge on any atom is -0.0964 e. The fourth-order valence-electron chi connectivity index (χ4n) is 5.06. The maximum Gasteiger partial charge on any atom is 0.0506 e. The van der Waals surface area contributed by atoms with Gasteiger partial charge in [0.25, 0.3) is 0 Å². The van der Waals surface area contributed by atoms with Crippen molar-refractivity contribution < 1.29 is 0 Å². The minimum atomic E-state index is -1.18. The van der Waals surface area contributed by atoms with E-state index in [1.54, 1.807) is 5.57 Å². The quantitative estimate of drug-likeness (QED) is 0.289. The maximum atomic E-state index is 7.12. The molecule has 3 aliphatic carbocycles. The molecule has 1 unspecified atom stereocenters. The van der Waals surface area contributed by atoms with Gasteiger partial charge in [0.05, 0.1) is 16.1 Å². The van der Waals surface area contributed by atoms with E-state index in [9.17, 15) is 0 Å². The van der Waals surface area contributed by atoms with E-state index >= 15 is 0 Å². The van der Waals surface area contributed by atoms with E-state index in [0.717, 1.165) is 16.7 Å². The van der Waals surface area contributed by atoms with Crippen molar-refractivity contribution in [3.8, 4) is 0 Å². The highest BCUT2D eigenvalue weighted by Crippen LogP contribution is 2.63. The Balaban J connectivity index is 2.14. The van der Waals surface area contributed by atoms with Gasteiger partial charge in [0.1, 0.15) is 0 Å². The van der Waals surface area contributed by atoms with Crippen LogP contribution < -0.4 is 0 Å². The first kappa shape index (κ1) is 18.2. The van der Waals surface area contributed by atoms with E-state index in [4.69, 9.17) is 11.2 Å². The van der Waals surface area contributed by atoms with Crippen LogP contribution in [0, 0.1) is 17.3 Å². The molecule has 0 aromatic carbocycles. The van der Waals surface area contributed by atoms with Crippen molar-refractivity contribution in [1.82, 2.24) is 0 Å². The topological polar surface area (TPSA) is 0 Å². The molecule has 122 valence electrons. The van der Waals surface area contributed by atoms with Crippen molar-refractivity contribution in [3.05, 3.63) is 11.6 Å². The summed E-state index contributed by atoms with van der Waals surface area (Å²) in [5.74, 6) is 1.78. The van der Waals surface area contributed by atoms with Gasteiger partial charge in [-0.15, -0.1) is 0 Å². The SMILES string of the molecule is CC1(C)[C@H]2CC=C(CP(Cl)C([Si](C)(C)C)[Si](C)(C)C)[C@@H]1C2. The molecule has 0 heterocycles. The molecule has 1 fully saturated rings. The Labute approximate surface area is 140 Å². The van der Waals surface area contributed by atoms with Crippen LogP contribution in [0.15, 0.2) is 11.6 Å². The Kier molecular flexibility index (Phi) is 5.00. The number of fused-ring (bicyclic) bond motifs is 1. The third-order valence-corrected chi connectivity index (χ3v) is 24.0. The molecule has 0 saturated heterocycles. The van der Waals surface area contributed by atoms with Gasteiger partial charge in [-0.1, -0.05) is 76.0 Å². The fraction of sp³-hybridized carbons (Fsp3) is 0.882. The molecule has 0 aliphatic heterocycles. The average Bonchev–Trinajstić information content (AvgIpc) is 2.24. The molecule has 0 aromatic heterocycles. The fourth-order valence-corrected chi connectivity index (χ4v) is 29.3. The Morgan fingerprint density at radius 2 is 1.71 bits per heavy atom. The first-order chi connectivity index (χ1) is 9.35. The van der Waals surface area contributed by atoms with Gasteiger partial charge in [-0.25, -0.2) is 0 Å². The number of hydrogen-bond acceptors (Lipinski definition) is 0. The molecule has 0 aromatic rings. The zero-order valence-electron chi connectivity index (χ0n) is 15.3. The van der Waals surface area contributed by atoms with Crippen molar-refractivity contribution in [2.75, 3.05) is 6.16 Å². The summed E-state index contributed by atoms with van der Waals surface area (Å²) in [6.45, 7) is 20.2. The van der Waals surface area contributed by atoms with Crippen molar-refractivity contribution in [1.29, 1.82) is 0 Å². The van der Waals surface area contributed by atoms with Crippen LogP contribution in [0.4, 0.5) is 0 Å². The molecule has 0 N–H and O–H groups in total. The lowest BCUT2D eigenvalue weighted by molar-refractivity contribution is -0.00543. The Hall–Kier alpha value is 0.894. The number of halogens is 1. The molecule has 0 spiro atoms. The summed E-state index contributed by atoms with van der Waals surface area (Å²) < 4.78 is 0. The highest BCUT2D eigenvalue weighted by molar-refractivity contribution is 7.88. The maximum absolute atomic E-state index is 7.12. The van der Waals surface area contributed by atoms with Crippen LogP contribution in [-0.2, 0) is 0 Å². The first-order valence-corrected chi connectivity index (χ1v) is 18.1. The smallest absolute Gasteiger partial charge is 0.0506 e. The largest absolute Gasteiger partial charge is 0.0964 e. The van der Waals surface area contributed by atoms with E-state index in [1.807, 2.05) is 0 Å². The molecule has 0 radical (unpaired) electrons. The van der Waals surface area contributed by atoms with Gasteiger partial charge in [0.2, 0.25) is 0 Å². The van der Waals surface area contributed by atoms with E-state index in [0.29, 0.717) is 5.41 Å². The first-order valence-electron chi connectivity index (χ1n) is 8.46. The zero-order chi connectivity index (χ0) is 16.2. The Morgan fingerprint density at radius 1 is 1.19 bits per heavy atom. The van der Waals surface area contributed by atoms with Gasteiger partial charge < -0.3 is 0 Å². The molecule has 3 aliphatic rings. The average molecular weight is 361 g/mol. The van der Waals surface area contributed by atoms with Gasteiger partial charge in [-0.05, 0) is 42.3 Å². The summed E-state index contributed by atoms with van der Waals surface area (Å²) in [6.07, 6.45) is 6.52. The van der Waals surface area contributed by atoms with Crippen LogP contribution in [-0.4, -0.2) is 27.2 Å². The molecule has 0 nitrogen and oxygen atoms in total. The number of hydrogen-bond donors (Lipinski definition) is 0. The highest BCUT2D eigenvalue weighted by atomic mass is 35.7. The zero-order valence-corrected chi connectivity index (χ0v) is 18.9. The predicted molar refractivity (Wildman–Crippen MR) is 106 cm³/mol. The van der Waals surface area contributed by atoms with Crippen molar-refractivity contribution in [2.24, 2.45) is 17.3 Å². The standard InChI is InChI=1S/C17H34ClPSi2/c1-17(2)14-10-9-13(15(17)11-14)12-19(18)16(20(3,4)5)21(6,7)8/h9,14-16H,10-12H2,1-8H3/t14-,15-,19?/m0/s1. The van der Waals surface area contributed by atoms with Crippen LogP contribution in [0.2, 0.25) is 39.3 Å². The number of allylic oxidation sites excluding steroid dienone is 2. The summed E-state index contributed by atoms with van der Waals surface area (Å²) in [5, 5.41) is 0. The molecule has 3 rings (SSSR count). The van der Waals surface area contributed by atoms with Gasteiger partial charge in [0, 0.05) is 6.16 Å². The van der Waals surface area contributed by atoms with Crippen LogP contribution in [0.3, 0.4) is 0 Å². The summed E-state index contributed by atoms with van der Waals surface area (Å²) >= 11 is 7.12. The summed E-state index contributed by atoms with van der Waals surface area (Å²) in [6, 6.07) is 0. The molecule has 0 amide bonds. The second kappa shape index (κ2) is 5.76. The van der Waals surface area contributed by atoms with Gasteiger partial charge in [-0.2, -0.15) is 0 Å².